The van der Waals surface area contributed by atoms with Crippen LogP contribution in [0.4, 0.5) is 5.69 Å². The molecule has 0 spiro atoms. The summed E-state index contributed by atoms with van der Waals surface area (Å²) in [6.45, 7) is 0.687. The third kappa shape index (κ3) is 2.44. The quantitative estimate of drug-likeness (QED) is 0.671. The Balaban J connectivity index is 2.16. The van der Waals surface area contributed by atoms with Gasteiger partial charge in [-0.3, -0.25) is 4.79 Å². The van der Waals surface area contributed by atoms with E-state index in [0.29, 0.717) is 17.9 Å². The Morgan fingerprint density at radius 1 is 1.44 bits per heavy atom. The van der Waals surface area contributed by atoms with Crippen molar-refractivity contribution in [2.45, 2.75) is 25.4 Å². The first-order valence-electron chi connectivity index (χ1n) is 5.39. The van der Waals surface area contributed by atoms with Crippen molar-refractivity contribution >= 4 is 27.4 Å². The number of carbonyl (C=O) groups excluding carboxylic acids is 1. The standard InChI is InChI=1S/C12H14BrNO2/c13-9-7-8(4-5-10(9)14)12(15)11-3-1-2-6-16-11/h4-5,7,11H,1-3,6,14H2. The summed E-state index contributed by atoms with van der Waals surface area (Å²) in [5.74, 6) is 0.0559. The third-order valence-corrected chi connectivity index (χ3v) is 3.44. The Hall–Kier alpha value is -0.870. The number of nitrogen functional groups attached to an aromatic ring is 1. The zero-order valence-corrected chi connectivity index (χ0v) is 10.5. The van der Waals surface area contributed by atoms with Crippen molar-refractivity contribution in [3.8, 4) is 0 Å². The fourth-order valence-electron chi connectivity index (χ4n) is 1.81. The molecule has 2 N–H and O–H groups in total. The number of hydrogen-bond donors (Lipinski definition) is 1. The lowest BCUT2D eigenvalue weighted by molar-refractivity contribution is 0.0186. The molecule has 1 saturated heterocycles. The van der Waals surface area contributed by atoms with E-state index < -0.39 is 0 Å². The molecule has 16 heavy (non-hydrogen) atoms. The van der Waals surface area contributed by atoms with E-state index in [0.717, 1.165) is 23.7 Å². The van der Waals surface area contributed by atoms with Crippen LogP contribution in [0.2, 0.25) is 0 Å². The van der Waals surface area contributed by atoms with Gasteiger partial charge in [0, 0.05) is 22.3 Å². The Morgan fingerprint density at radius 3 is 2.88 bits per heavy atom. The molecule has 0 amide bonds. The van der Waals surface area contributed by atoms with Crippen molar-refractivity contribution < 1.29 is 9.53 Å². The van der Waals surface area contributed by atoms with Crippen LogP contribution in [-0.2, 0) is 4.74 Å². The second-order valence-electron chi connectivity index (χ2n) is 3.96. The van der Waals surface area contributed by atoms with Crippen molar-refractivity contribution in [2.24, 2.45) is 0 Å². The van der Waals surface area contributed by atoms with Gasteiger partial charge in [0.2, 0.25) is 0 Å². The van der Waals surface area contributed by atoms with Crippen molar-refractivity contribution in [1.82, 2.24) is 0 Å². The summed E-state index contributed by atoms with van der Waals surface area (Å²) >= 11 is 3.32. The number of rotatable bonds is 2. The van der Waals surface area contributed by atoms with E-state index in [-0.39, 0.29) is 11.9 Å². The first kappa shape index (κ1) is 11.6. The van der Waals surface area contributed by atoms with Crippen molar-refractivity contribution in [2.75, 3.05) is 12.3 Å². The molecule has 3 nitrogen and oxygen atoms in total. The molecule has 2 rings (SSSR count). The van der Waals surface area contributed by atoms with E-state index in [1.54, 1.807) is 18.2 Å². The lowest BCUT2D eigenvalue weighted by Crippen LogP contribution is -2.28. The van der Waals surface area contributed by atoms with Crippen molar-refractivity contribution in [1.29, 1.82) is 0 Å². The number of nitrogens with two attached hydrogens (primary N) is 1. The summed E-state index contributed by atoms with van der Waals surface area (Å²) < 4.78 is 6.23. The van der Waals surface area contributed by atoms with Gasteiger partial charge in [-0.2, -0.15) is 0 Å². The minimum absolute atomic E-state index is 0.0559. The molecule has 1 atom stereocenters. The molecule has 1 aliphatic rings. The van der Waals surface area contributed by atoms with Crippen LogP contribution in [0.15, 0.2) is 22.7 Å². The van der Waals surface area contributed by atoms with Gasteiger partial charge >= 0.3 is 0 Å². The van der Waals surface area contributed by atoms with Gasteiger partial charge in [-0.25, -0.2) is 0 Å². The summed E-state index contributed by atoms with van der Waals surface area (Å²) in [4.78, 5) is 12.1. The molecule has 86 valence electrons. The van der Waals surface area contributed by atoms with Crippen molar-refractivity contribution in [3.63, 3.8) is 0 Å². The second kappa shape index (κ2) is 4.97. The van der Waals surface area contributed by atoms with Crippen LogP contribution in [-0.4, -0.2) is 18.5 Å². The summed E-state index contributed by atoms with van der Waals surface area (Å²) in [7, 11) is 0. The number of halogens is 1. The zero-order chi connectivity index (χ0) is 11.5. The largest absolute Gasteiger partial charge is 0.398 e. The maximum atomic E-state index is 12.1. The van der Waals surface area contributed by atoms with Gasteiger partial charge in [0.1, 0.15) is 6.10 Å². The first-order valence-corrected chi connectivity index (χ1v) is 6.18. The van der Waals surface area contributed by atoms with Crippen molar-refractivity contribution in [3.05, 3.63) is 28.2 Å². The van der Waals surface area contributed by atoms with Gasteiger partial charge in [-0.05, 0) is 53.4 Å². The first-order chi connectivity index (χ1) is 7.68. The number of Topliss-reactive ketones (excluding diaryl/α,β-unsaturated/α-hetero) is 1. The molecule has 1 aliphatic heterocycles. The molecule has 1 unspecified atom stereocenters. The van der Waals surface area contributed by atoms with E-state index in [9.17, 15) is 4.79 Å². The monoisotopic (exact) mass is 283 g/mol. The maximum Gasteiger partial charge on any atom is 0.191 e. The molecule has 0 radical (unpaired) electrons. The molecular formula is C12H14BrNO2. The van der Waals surface area contributed by atoms with E-state index in [1.807, 2.05) is 0 Å². The minimum Gasteiger partial charge on any atom is -0.398 e. The molecule has 1 aromatic carbocycles. The highest BCUT2D eigenvalue weighted by atomic mass is 79.9. The Labute approximate surface area is 103 Å². The Morgan fingerprint density at radius 2 is 2.25 bits per heavy atom. The van der Waals surface area contributed by atoms with Gasteiger partial charge in [0.15, 0.2) is 5.78 Å². The van der Waals surface area contributed by atoms with E-state index in [2.05, 4.69) is 15.9 Å². The van der Waals surface area contributed by atoms with E-state index >= 15 is 0 Å². The van der Waals surface area contributed by atoms with Crippen LogP contribution < -0.4 is 5.73 Å². The molecular weight excluding hydrogens is 270 g/mol. The van der Waals surface area contributed by atoms with Crippen LogP contribution in [0, 0.1) is 0 Å². The highest BCUT2D eigenvalue weighted by Gasteiger charge is 2.23. The van der Waals surface area contributed by atoms with Crippen LogP contribution in [0.1, 0.15) is 29.6 Å². The number of ketones is 1. The molecule has 0 bridgehead atoms. The average Bonchev–Trinajstić information content (AvgIpc) is 2.33. The zero-order valence-electron chi connectivity index (χ0n) is 8.91. The number of benzene rings is 1. The van der Waals surface area contributed by atoms with Gasteiger partial charge in [0.05, 0.1) is 0 Å². The van der Waals surface area contributed by atoms with Crippen LogP contribution >= 0.6 is 15.9 Å². The SMILES string of the molecule is Nc1ccc(C(=O)C2CCCCO2)cc1Br. The molecule has 0 saturated carbocycles. The fourth-order valence-corrected chi connectivity index (χ4v) is 2.19. The molecule has 1 aromatic rings. The number of hydrogen-bond acceptors (Lipinski definition) is 3. The molecule has 1 heterocycles. The molecule has 1 fully saturated rings. The van der Waals surface area contributed by atoms with Crippen LogP contribution in [0.5, 0.6) is 0 Å². The lowest BCUT2D eigenvalue weighted by atomic mass is 10.00. The minimum atomic E-state index is -0.274. The number of ether oxygens (including phenoxy) is 1. The summed E-state index contributed by atoms with van der Waals surface area (Å²) in [5.41, 5.74) is 6.98. The predicted octanol–water partition coefficient (Wildman–Crippen LogP) is 2.78. The van der Waals surface area contributed by atoms with Crippen LogP contribution in [0.3, 0.4) is 0 Å². The van der Waals surface area contributed by atoms with E-state index in [1.165, 1.54) is 0 Å². The second-order valence-corrected chi connectivity index (χ2v) is 4.81. The van der Waals surface area contributed by atoms with Gasteiger partial charge in [0.25, 0.3) is 0 Å². The molecule has 0 aromatic heterocycles. The third-order valence-electron chi connectivity index (χ3n) is 2.76. The number of anilines is 1. The predicted molar refractivity (Wildman–Crippen MR) is 66.5 cm³/mol. The molecule has 4 heteroatoms. The lowest BCUT2D eigenvalue weighted by Gasteiger charge is -2.21. The Bertz CT molecular complexity index is 400. The smallest absolute Gasteiger partial charge is 0.191 e. The van der Waals surface area contributed by atoms with Gasteiger partial charge in [-0.15, -0.1) is 0 Å². The Kier molecular flexibility index (Phi) is 3.61. The molecule has 0 aliphatic carbocycles. The topological polar surface area (TPSA) is 52.3 Å². The van der Waals surface area contributed by atoms with Gasteiger partial charge in [-0.1, -0.05) is 0 Å². The normalized spacial score (nSPS) is 20.7. The average molecular weight is 284 g/mol. The van der Waals surface area contributed by atoms with Crippen LogP contribution in [0.25, 0.3) is 0 Å². The summed E-state index contributed by atoms with van der Waals surface area (Å²) in [6.07, 6.45) is 2.66. The highest BCUT2D eigenvalue weighted by molar-refractivity contribution is 9.10. The summed E-state index contributed by atoms with van der Waals surface area (Å²) in [6, 6.07) is 5.25. The number of carbonyl (C=O) groups is 1. The fraction of sp³-hybridized carbons (Fsp3) is 0.417. The highest BCUT2D eigenvalue weighted by Crippen LogP contribution is 2.23. The maximum absolute atomic E-state index is 12.1. The van der Waals surface area contributed by atoms with Gasteiger partial charge < -0.3 is 10.5 Å². The van der Waals surface area contributed by atoms with E-state index in [4.69, 9.17) is 10.5 Å². The summed E-state index contributed by atoms with van der Waals surface area (Å²) in [5, 5.41) is 0.